The second kappa shape index (κ2) is 9.62. The number of benzene rings is 1. The molecule has 1 aromatic heterocycles. The fraction of sp³-hybridized carbons (Fsp3) is 0.368. The van der Waals surface area contributed by atoms with Crippen LogP contribution in [0.3, 0.4) is 0 Å². The van der Waals surface area contributed by atoms with E-state index in [-0.39, 0.29) is 5.91 Å². The summed E-state index contributed by atoms with van der Waals surface area (Å²) in [6, 6.07) is 11.5. The number of carbonyl (C=O) groups is 1. The molecule has 0 aliphatic carbocycles. The van der Waals surface area contributed by atoms with E-state index >= 15 is 0 Å². The molecule has 122 valence electrons. The van der Waals surface area contributed by atoms with Crippen molar-refractivity contribution in [3.05, 3.63) is 59.9 Å². The maximum Gasteiger partial charge on any atom is 0.253 e. The first-order valence-electron chi connectivity index (χ1n) is 8.31. The minimum absolute atomic E-state index is 0.0145. The van der Waals surface area contributed by atoms with E-state index in [0.717, 1.165) is 24.2 Å². The van der Waals surface area contributed by atoms with Gasteiger partial charge in [-0.25, -0.2) is 0 Å². The lowest BCUT2D eigenvalue weighted by Gasteiger charge is -2.12. The topological polar surface area (TPSA) is 54.0 Å². The predicted octanol–water partition coefficient (Wildman–Crippen LogP) is 4.00. The summed E-state index contributed by atoms with van der Waals surface area (Å²) >= 11 is 0. The van der Waals surface area contributed by atoms with Gasteiger partial charge >= 0.3 is 0 Å². The monoisotopic (exact) mass is 311 g/mol. The third kappa shape index (κ3) is 5.74. The van der Waals surface area contributed by atoms with Crippen molar-refractivity contribution in [2.24, 2.45) is 0 Å². The largest absolute Gasteiger partial charge is 0.380 e. The first-order valence-corrected chi connectivity index (χ1v) is 8.31. The van der Waals surface area contributed by atoms with Crippen molar-refractivity contribution in [3.8, 4) is 0 Å². The summed E-state index contributed by atoms with van der Waals surface area (Å²) in [5.74, 6) is -0.0145. The molecule has 0 fully saturated rings. The molecule has 0 atom stereocenters. The Balaban J connectivity index is 1.90. The van der Waals surface area contributed by atoms with Crippen LogP contribution in [0, 0.1) is 0 Å². The highest BCUT2D eigenvalue weighted by Crippen LogP contribution is 2.16. The first kappa shape index (κ1) is 17.0. The van der Waals surface area contributed by atoms with Crippen LogP contribution >= 0.6 is 0 Å². The number of rotatable bonds is 9. The minimum Gasteiger partial charge on any atom is -0.380 e. The first-order chi connectivity index (χ1) is 11.3. The number of aromatic nitrogens is 1. The summed E-state index contributed by atoms with van der Waals surface area (Å²) in [5, 5.41) is 6.34. The number of carbonyl (C=O) groups excluding carboxylic acids is 1. The van der Waals surface area contributed by atoms with Crippen molar-refractivity contribution in [1.82, 2.24) is 10.3 Å². The zero-order valence-corrected chi connectivity index (χ0v) is 13.7. The third-order valence-corrected chi connectivity index (χ3v) is 3.72. The molecule has 0 aliphatic rings. The van der Waals surface area contributed by atoms with Crippen LogP contribution in [0.1, 0.15) is 48.5 Å². The Labute approximate surface area is 138 Å². The van der Waals surface area contributed by atoms with Crippen LogP contribution < -0.4 is 10.6 Å². The van der Waals surface area contributed by atoms with E-state index < -0.39 is 0 Å². The molecule has 4 heteroatoms. The molecule has 1 heterocycles. The fourth-order valence-electron chi connectivity index (χ4n) is 2.38. The van der Waals surface area contributed by atoms with E-state index in [1.807, 2.05) is 36.4 Å². The van der Waals surface area contributed by atoms with Gasteiger partial charge in [0.05, 0.1) is 5.56 Å². The molecule has 23 heavy (non-hydrogen) atoms. The van der Waals surface area contributed by atoms with Gasteiger partial charge in [-0.2, -0.15) is 0 Å². The van der Waals surface area contributed by atoms with Crippen LogP contribution in [0.5, 0.6) is 0 Å². The summed E-state index contributed by atoms with van der Waals surface area (Å²) in [5.41, 5.74) is 2.68. The molecule has 2 aromatic rings. The van der Waals surface area contributed by atoms with Crippen LogP contribution in [-0.4, -0.2) is 17.4 Å². The molecular weight excluding hydrogens is 286 g/mol. The van der Waals surface area contributed by atoms with Crippen LogP contribution in [0.2, 0.25) is 0 Å². The molecular formula is C19H25N3O. The number of amides is 1. The van der Waals surface area contributed by atoms with Crippen molar-refractivity contribution in [2.45, 2.75) is 39.2 Å². The van der Waals surface area contributed by atoms with Gasteiger partial charge in [-0.05, 0) is 36.2 Å². The summed E-state index contributed by atoms with van der Waals surface area (Å²) in [4.78, 5) is 16.4. The highest BCUT2D eigenvalue weighted by Gasteiger charge is 2.10. The molecule has 4 nitrogen and oxygen atoms in total. The minimum atomic E-state index is -0.0145. The normalized spacial score (nSPS) is 10.3. The van der Waals surface area contributed by atoms with Gasteiger partial charge < -0.3 is 10.6 Å². The second-order valence-electron chi connectivity index (χ2n) is 5.57. The molecule has 0 spiro atoms. The lowest BCUT2D eigenvalue weighted by Crippen LogP contribution is -2.25. The molecule has 2 N–H and O–H groups in total. The SMILES string of the molecule is CCCCCCNC(=O)c1ccccc1NCc1ccncc1. The van der Waals surface area contributed by atoms with E-state index in [4.69, 9.17) is 0 Å². The van der Waals surface area contributed by atoms with Crippen LogP contribution in [-0.2, 0) is 6.54 Å². The molecule has 0 saturated carbocycles. The summed E-state index contributed by atoms with van der Waals surface area (Å²) in [6.07, 6.45) is 8.17. The van der Waals surface area contributed by atoms with Crippen molar-refractivity contribution >= 4 is 11.6 Å². The Hall–Kier alpha value is -2.36. The van der Waals surface area contributed by atoms with Gasteiger partial charge in [0.2, 0.25) is 0 Å². The van der Waals surface area contributed by atoms with Crippen LogP contribution in [0.4, 0.5) is 5.69 Å². The van der Waals surface area contributed by atoms with Crippen LogP contribution in [0.25, 0.3) is 0 Å². The van der Waals surface area contributed by atoms with E-state index in [1.54, 1.807) is 12.4 Å². The Kier molecular flexibility index (Phi) is 7.11. The average molecular weight is 311 g/mol. The Morgan fingerprint density at radius 3 is 2.61 bits per heavy atom. The number of nitrogens with one attached hydrogen (secondary N) is 2. The number of hydrogen-bond donors (Lipinski definition) is 2. The quantitative estimate of drug-likeness (QED) is 0.688. The maximum atomic E-state index is 12.3. The van der Waals surface area contributed by atoms with Crippen LogP contribution in [0.15, 0.2) is 48.8 Å². The lowest BCUT2D eigenvalue weighted by molar-refractivity contribution is 0.0953. The number of nitrogens with zero attached hydrogens (tertiary/aromatic N) is 1. The molecule has 0 unspecified atom stereocenters. The Morgan fingerprint density at radius 1 is 1.04 bits per heavy atom. The number of pyridine rings is 1. The van der Waals surface area contributed by atoms with Gasteiger partial charge in [-0.15, -0.1) is 0 Å². The van der Waals surface area contributed by atoms with E-state index in [0.29, 0.717) is 12.1 Å². The number of hydrogen-bond acceptors (Lipinski definition) is 3. The van der Waals surface area contributed by atoms with E-state index in [2.05, 4.69) is 22.5 Å². The molecule has 2 rings (SSSR count). The van der Waals surface area contributed by atoms with Crippen molar-refractivity contribution in [2.75, 3.05) is 11.9 Å². The standard InChI is InChI=1S/C19H25N3O/c1-2-3-4-7-12-21-19(23)17-8-5-6-9-18(17)22-15-16-10-13-20-14-11-16/h5-6,8-11,13-14,22H,2-4,7,12,15H2,1H3,(H,21,23). The third-order valence-electron chi connectivity index (χ3n) is 3.72. The van der Waals surface area contributed by atoms with Gasteiger partial charge in [-0.1, -0.05) is 38.3 Å². The van der Waals surface area contributed by atoms with Crippen molar-refractivity contribution in [1.29, 1.82) is 0 Å². The Bertz CT molecular complexity index is 599. The number of anilines is 1. The maximum absolute atomic E-state index is 12.3. The summed E-state index contributed by atoms with van der Waals surface area (Å²) in [7, 11) is 0. The highest BCUT2D eigenvalue weighted by molar-refractivity contribution is 5.99. The van der Waals surface area contributed by atoms with E-state index in [1.165, 1.54) is 19.3 Å². The predicted molar refractivity (Wildman–Crippen MR) is 94.5 cm³/mol. The van der Waals surface area contributed by atoms with Gasteiger partial charge in [0.15, 0.2) is 0 Å². The number of unbranched alkanes of at least 4 members (excludes halogenated alkanes) is 3. The lowest BCUT2D eigenvalue weighted by atomic mass is 10.1. The smallest absolute Gasteiger partial charge is 0.253 e. The van der Waals surface area contributed by atoms with Gasteiger partial charge in [-0.3, -0.25) is 9.78 Å². The fourth-order valence-corrected chi connectivity index (χ4v) is 2.38. The zero-order valence-electron chi connectivity index (χ0n) is 13.7. The Morgan fingerprint density at radius 2 is 1.83 bits per heavy atom. The molecule has 0 radical (unpaired) electrons. The molecule has 1 amide bonds. The number of para-hydroxylation sites is 1. The average Bonchev–Trinajstić information content (AvgIpc) is 2.61. The van der Waals surface area contributed by atoms with Gasteiger partial charge in [0.25, 0.3) is 5.91 Å². The highest BCUT2D eigenvalue weighted by atomic mass is 16.1. The molecule has 1 aromatic carbocycles. The van der Waals surface area contributed by atoms with Gasteiger partial charge in [0, 0.05) is 31.2 Å². The van der Waals surface area contributed by atoms with Crippen molar-refractivity contribution < 1.29 is 4.79 Å². The summed E-state index contributed by atoms with van der Waals surface area (Å²) in [6.45, 7) is 3.59. The summed E-state index contributed by atoms with van der Waals surface area (Å²) < 4.78 is 0. The van der Waals surface area contributed by atoms with Crippen molar-refractivity contribution in [3.63, 3.8) is 0 Å². The van der Waals surface area contributed by atoms with E-state index in [9.17, 15) is 4.79 Å². The molecule has 0 aliphatic heterocycles. The molecule has 0 bridgehead atoms. The second-order valence-corrected chi connectivity index (χ2v) is 5.57. The van der Waals surface area contributed by atoms with Gasteiger partial charge in [0.1, 0.15) is 0 Å². The molecule has 0 saturated heterocycles. The zero-order chi connectivity index (χ0) is 16.3.